The van der Waals surface area contributed by atoms with E-state index in [1.807, 2.05) is 0 Å². The molecule has 16 heavy (non-hydrogen) atoms. The Morgan fingerprint density at radius 2 is 2.38 bits per heavy atom. The minimum atomic E-state index is -0.566. The fourth-order valence-electron chi connectivity index (χ4n) is 1.37. The van der Waals surface area contributed by atoms with Crippen LogP contribution in [0.25, 0.3) is 0 Å². The van der Waals surface area contributed by atoms with Crippen molar-refractivity contribution in [3.63, 3.8) is 0 Å². The summed E-state index contributed by atoms with van der Waals surface area (Å²) in [6, 6.07) is 0. The van der Waals surface area contributed by atoms with Gasteiger partial charge in [-0.25, -0.2) is 9.48 Å². The minimum absolute atomic E-state index is 0.161. The second-order valence-corrected chi connectivity index (χ2v) is 3.45. The first-order chi connectivity index (χ1) is 7.60. The van der Waals surface area contributed by atoms with Gasteiger partial charge >= 0.3 is 5.97 Å². The lowest BCUT2D eigenvalue weighted by atomic mass is 10.2. The maximum Gasteiger partial charge on any atom is 0.360 e. The number of aliphatic hydroxyl groups excluding tert-OH is 1. The molecule has 0 saturated heterocycles. The molecule has 1 heterocycles. The Balaban J connectivity index is 3.01. The van der Waals surface area contributed by atoms with Crippen LogP contribution >= 0.6 is 0 Å². The van der Waals surface area contributed by atoms with E-state index < -0.39 is 12.1 Å². The van der Waals surface area contributed by atoms with Crippen LogP contribution in [0.15, 0.2) is 0 Å². The number of aromatic nitrogens is 3. The van der Waals surface area contributed by atoms with Gasteiger partial charge in [-0.3, -0.25) is 0 Å². The molecule has 0 aromatic carbocycles. The average molecular weight is 228 g/mol. The molecule has 0 spiro atoms. The van der Waals surface area contributed by atoms with Crippen molar-refractivity contribution in [2.24, 2.45) is 5.73 Å². The maximum atomic E-state index is 11.4. The molecule has 0 aliphatic carbocycles. The standard InChI is InChI=1S/C9H16N4O3/c1-6(14)5-13-7(3-4-10)8(11-12-13)9(15)16-2/h6,14H,3-5,10H2,1-2H3. The molecular formula is C9H16N4O3. The molecule has 1 unspecified atom stereocenters. The van der Waals surface area contributed by atoms with Crippen molar-refractivity contribution in [2.75, 3.05) is 13.7 Å². The van der Waals surface area contributed by atoms with Gasteiger partial charge in [0, 0.05) is 6.42 Å². The van der Waals surface area contributed by atoms with Crippen molar-refractivity contribution >= 4 is 5.97 Å². The third-order valence-electron chi connectivity index (χ3n) is 2.03. The van der Waals surface area contributed by atoms with E-state index in [4.69, 9.17) is 5.73 Å². The number of hydrogen-bond donors (Lipinski definition) is 2. The Morgan fingerprint density at radius 3 is 2.88 bits per heavy atom. The number of hydrogen-bond acceptors (Lipinski definition) is 6. The summed E-state index contributed by atoms with van der Waals surface area (Å²) in [6.45, 7) is 2.28. The Bertz CT molecular complexity index is 362. The van der Waals surface area contributed by atoms with Crippen LogP contribution in [-0.2, 0) is 17.7 Å². The van der Waals surface area contributed by atoms with Crippen molar-refractivity contribution in [3.8, 4) is 0 Å². The molecule has 3 N–H and O–H groups in total. The average Bonchev–Trinajstić information content (AvgIpc) is 2.61. The summed E-state index contributed by atoms with van der Waals surface area (Å²) in [4.78, 5) is 11.4. The van der Waals surface area contributed by atoms with E-state index in [-0.39, 0.29) is 12.2 Å². The van der Waals surface area contributed by atoms with Gasteiger partial charge in [0.25, 0.3) is 0 Å². The van der Waals surface area contributed by atoms with Crippen molar-refractivity contribution in [3.05, 3.63) is 11.4 Å². The normalized spacial score (nSPS) is 12.5. The molecule has 1 atom stereocenters. The van der Waals surface area contributed by atoms with Crippen LogP contribution in [0.2, 0.25) is 0 Å². The fraction of sp³-hybridized carbons (Fsp3) is 0.667. The van der Waals surface area contributed by atoms with E-state index >= 15 is 0 Å². The third kappa shape index (κ3) is 2.77. The summed E-state index contributed by atoms with van der Waals surface area (Å²) in [5.74, 6) is -0.541. The van der Waals surface area contributed by atoms with E-state index in [2.05, 4.69) is 15.0 Å². The van der Waals surface area contributed by atoms with Gasteiger partial charge in [0.05, 0.1) is 25.5 Å². The molecule has 0 radical (unpaired) electrons. The molecule has 0 bridgehead atoms. The number of methoxy groups -OCH3 is 1. The van der Waals surface area contributed by atoms with Crippen LogP contribution in [0.4, 0.5) is 0 Å². The second-order valence-electron chi connectivity index (χ2n) is 3.45. The number of carbonyl (C=O) groups excluding carboxylic acids is 1. The van der Waals surface area contributed by atoms with E-state index in [0.717, 1.165) is 0 Å². The molecule has 0 amide bonds. The Labute approximate surface area is 93.2 Å². The van der Waals surface area contributed by atoms with Gasteiger partial charge in [-0.15, -0.1) is 5.10 Å². The van der Waals surface area contributed by atoms with Crippen molar-refractivity contribution < 1.29 is 14.6 Å². The summed E-state index contributed by atoms with van der Waals surface area (Å²) in [6.07, 6.45) is -0.104. The van der Waals surface area contributed by atoms with Crippen LogP contribution in [0.3, 0.4) is 0 Å². The monoisotopic (exact) mass is 228 g/mol. The van der Waals surface area contributed by atoms with E-state index in [1.165, 1.54) is 11.8 Å². The molecule has 0 fully saturated rings. The van der Waals surface area contributed by atoms with Crippen molar-refractivity contribution in [1.29, 1.82) is 0 Å². The van der Waals surface area contributed by atoms with E-state index in [0.29, 0.717) is 18.7 Å². The van der Waals surface area contributed by atoms with Gasteiger partial charge in [0.1, 0.15) is 0 Å². The number of carbonyl (C=O) groups is 1. The van der Waals surface area contributed by atoms with E-state index in [9.17, 15) is 9.90 Å². The molecule has 90 valence electrons. The van der Waals surface area contributed by atoms with Crippen molar-refractivity contribution in [2.45, 2.75) is 26.0 Å². The van der Waals surface area contributed by atoms with Gasteiger partial charge in [0.2, 0.25) is 0 Å². The predicted octanol–water partition coefficient (Wildman–Crippen LogP) is -1.05. The molecule has 0 aliphatic rings. The number of nitrogens with two attached hydrogens (primary N) is 1. The largest absolute Gasteiger partial charge is 0.464 e. The molecule has 7 nitrogen and oxygen atoms in total. The van der Waals surface area contributed by atoms with Crippen LogP contribution in [0.5, 0.6) is 0 Å². The summed E-state index contributed by atoms with van der Waals surface area (Å²) in [5.41, 5.74) is 6.20. The summed E-state index contributed by atoms with van der Waals surface area (Å²) < 4.78 is 6.06. The van der Waals surface area contributed by atoms with Gasteiger partial charge < -0.3 is 15.6 Å². The maximum absolute atomic E-state index is 11.4. The smallest absolute Gasteiger partial charge is 0.360 e. The first kappa shape index (κ1) is 12.6. The van der Waals surface area contributed by atoms with Gasteiger partial charge in [-0.2, -0.15) is 0 Å². The Morgan fingerprint density at radius 1 is 1.69 bits per heavy atom. The predicted molar refractivity (Wildman–Crippen MR) is 55.8 cm³/mol. The lowest BCUT2D eigenvalue weighted by Gasteiger charge is -2.08. The highest BCUT2D eigenvalue weighted by Crippen LogP contribution is 2.08. The Hall–Kier alpha value is -1.47. The highest BCUT2D eigenvalue weighted by Gasteiger charge is 2.20. The molecule has 0 aliphatic heterocycles. The van der Waals surface area contributed by atoms with E-state index in [1.54, 1.807) is 6.92 Å². The van der Waals surface area contributed by atoms with Crippen LogP contribution in [0.1, 0.15) is 23.1 Å². The van der Waals surface area contributed by atoms with Crippen LogP contribution < -0.4 is 5.73 Å². The number of aliphatic hydroxyl groups is 1. The molecular weight excluding hydrogens is 212 g/mol. The first-order valence-electron chi connectivity index (χ1n) is 4.99. The molecule has 0 saturated carbocycles. The molecule has 7 heteroatoms. The van der Waals surface area contributed by atoms with Gasteiger partial charge in [0.15, 0.2) is 5.69 Å². The molecule has 1 aromatic rings. The zero-order chi connectivity index (χ0) is 12.1. The first-order valence-corrected chi connectivity index (χ1v) is 4.99. The lowest BCUT2D eigenvalue weighted by Crippen LogP contribution is -2.19. The highest BCUT2D eigenvalue weighted by atomic mass is 16.5. The van der Waals surface area contributed by atoms with Gasteiger partial charge in [-0.1, -0.05) is 5.21 Å². The molecule has 1 rings (SSSR count). The zero-order valence-electron chi connectivity index (χ0n) is 9.38. The topological polar surface area (TPSA) is 103 Å². The summed E-state index contributed by atoms with van der Waals surface area (Å²) in [5, 5.41) is 16.8. The van der Waals surface area contributed by atoms with Crippen molar-refractivity contribution in [1.82, 2.24) is 15.0 Å². The SMILES string of the molecule is COC(=O)c1nnn(CC(C)O)c1CCN. The van der Waals surface area contributed by atoms with Gasteiger partial charge in [-0.05, 0) is 13.5 Å². The minimum Gasteiger partial charge on any atom is -0.464 e. The Kier molecular flexibility index (Phi) is 4.39. The third-order valence-corrected chi connectivity index (χ3v) is 2.03. The number of ether oxygens (including phenoxy) is 1. The highest BCUT2D eigenvalue weighted by molar-refractivity contribution is 5.88. The molecule has 1 aromatic heterocycles. The number of esters is 1. The number of nitrogens with zero attached hydrogens (tertiary/aromatic N) is 3. The zero-order valence-corrected chi connectivity index (χ0v) is 9.38. The second kappa shape index (κ2) is 5.57. The van der Waals surface area contributed by atoms with Crippen LogP contribution in [-0.4, -0.2) is 45.8 Å². The quantitative estimate of drug-likeness (QED) is 0.623. The summed E-state index contributed by atoms with van der Waals surface area (Å²) in [7, 11) is 1.28. The number of rotatable bonds is 5. The fourth-order valence-corrected chi connectivity index (χ4v) is 1.37. The van der Waals surface area contributed by atoms with Crippen LogP contribution in [0, 0.1) is 0 Å². The lowest BCUT2D eigenvalue weighted by molar-refractivity contribution is 0.0592. The summed E-state index contributed by atoms with van der Waals surface area (Å²) >= 11 is 0.